The number of likely N-dealkylation sites (tertiary alicyclic amines) is 1. The van der Waals surface area contributed by atoms with Gasteiger partial charge in [-0.25, -0.2) is 0 Å². The van der Waals surface area contributed by atoms with E-state index < -0.39 is 6.10 Å². The van der Waals surface area contributed by atoms with Crippen LogP contribution in [0.3, 0.4) is 0 Å². The van der Waals surface area contributed by atoms with Crippen molar-refractivity contribution >= 4 is 5.91 Å². The fraction of sp³-hybridized carbons (Fsp3) is 0.316. The Kier molecular flexibility index (Phi) is 4.63. The van der Waals surface area contributed by atoms with Crippen molar-refractivity contribution in [3.63, 3.8) is 0 Å². The van der Waals surface area contributed by atoms with Gasteiger partial charge in [0.05, 0.1) is 13.2 Å². The van der Waals surface area contributed by atoms with Gasteiger partial charge in [0.15, 0.2) is 6.10 Å². The van der Waals surface area contributed by atoms with E-state index in [1.807, 2.05) is 42.5 Å². The zero-order chi connectivity index (χ0) is 16.2. The van der Waals surface area contributed by atoms with Gasteiger partial charge in [-0.2, -0.15) is 0 Å². The van der Waals surface area contributed by atoms with Crippen LogP contribution in [0.2, 0.25) is 0 Å². The summed E-state index contributed by atoms with van der Waals surface area (Å²) in [6, 6.07) is 16.9. The van der Waals surface area contributed by atoms with Crippen molar-refractivity contribution in [1.29, 1.82) is 0 Å². The molecule has 4 nitrogen and oxygen atoms in total. The van der Waals surface area contributed by atoms with Crippen molar-refractivity contribution < 1.29 is 14.6 Å². The quantitative estimate of drug-likeness (QED) is 0.944. The fourth-order valence-electron chi connectivity index (χ4n) is 3.14. The van der Waals surface area contributed by atoms with Crippen LogP contribution in [0.1, 0.15) is 36.1 Å². The standard InChI is InChI=1S/C19H21NO3/c1-23-16-11-9-14(10-12-16)17-8-5-13-20(17)19(22)18(21)15-6-3-2-4-7-15/h2-4,6-7,9-12,17-18,21H,5,8,13H2,1H3. The second kappa shape index (κ2) is 6.84. The number of methoxy groups -OCH3 is 1. The summed E-state index contributed by atoms with van der Waals surface area (Å²) < 4.78 is 5.18. The van der Waals surface area contributed by atoms with Gasteiger partial charge in [0.2, 0.25) is 0 Å². The first-order valence-corrected chi connectivity index (χ1v) is 7.88. The third-order valence-corrected chi connectivity index (χ3v) is 4.39. The van der Waals surface area contributed by atoms with Gasteiger partial charge in [-0.1, -0.05) is 42.5 Å². The number of hydrogen-bond acceptors (Lipinski definition) is 3. The molecule has 120 valence electrons. The molecule has 2 aromatic carbocycles. The van der Waals surface area contributed by atoms with E-state index in [0.717, 1.165) is 24.2 Å². The third kappa shape index (κ3) is 3.22. The average molecular weight is 311 g/mol. The monoisotopic (exact) mass is 311 g/mol. The lowest BCUT2D eigenvalue weighted by Crippen LogP contribution is -2.34. The number of aliphatic hydroxyl groups is 1. The molecule has 1 heterocycles. The summed E-state index contributed by atoms with van der Waals surface area (Å²) in [7, 11) is 1.64. The van der Waals surface area contributed by atoms with Crippen LogP contribution >= 0.6 is 0 Å². The molecule has 0 spiro atoms. The Morgan fingerprint density at radius 1 is 1.17 bits per heavy atom. The van der Waals surface area contributed by atoms with Gasteiger partial charge in [-0.05, 0) is 36.1 Å². The summed E-state index contributed by atoms with van der Waals surface area (Å²) >= 11 is 0. The maximum atomic E-state index is 12.7. The molecule has 1 fully saturated rings. The van der Waals surface area contributed by atoms with E-state index in [0.29, 0.717) is 12.1 Å². The maximum absolute atomic E-state index is 12.7. The molecular formula is C19H21NO3. The van der Waals surface area contributed by atoms with Gasteiger partial charge >= 0.3 is 0 Å². The molecular weight excluding hydrogens is 290 g/mol. The number of benzene rings is 2. The smallest absolute Gasteiger partial charge is 0.256 e. The van der Waals surface area contributed by atoms with Crippen molar-refractivity contribution in [1.82, 2.24) is 4.90 Å². The van der Waals surface area contributed by atoms with Crippen LogP contribution in [-0.4, -0.2) is 29.6 Å². The minimum absolute atomic E-state index is 0.0202. The highest BCUT2D eigenvalue weighted by Crippen LogP contribution is 2.34. The molecule has 4 heteroatoms. The van der Waals surface area contributed by atoms with Crippen LogP contribution in [0.5, 0.6) is 5.75 Å². The number of aliphatic hydroxyl groups excluding tert-OH is 1. The lowest BCUT2D eigenvalue weighted by Gasteiger charge is -2.27. The van der Waals surface area contributed by atoms with Gasteiger partial charge in [0.1, 0.15) is 5.75 Å². The third-order valence-electron chi connectivity index (χ3n) is 4.39. The predicted molar refractivity (Wildman–Crippen MR) is 88.1 cm³/mol. The van der Waals surface area contributed by atoms with Crippen LogP contribution in [0.25, 0.3) is 0 Å². The minimum atomic E-state index is -1.10. The summed E-state index contributed by atoms with van der Waals surface area (Å²) in [5.74, 6) is 0.573. The van der Waals surface area contributed by atoms with Crippen molar-refractivity contribution in [2.24, 2.45) is 0 Å². The van der Waals surface area contributed by atoms with Gasteiger partial charge < -0.3 is 14.7 Å². The first-order valence-electron chi connectivity index (χ1n) is 7.88. The minimum Gasteiger partial charge on any atom is -0.497 e. The number of rotatable bonds is 4. The van der Waals surface area contributed by atoms with E-state index in [2.05, 4.69) is 0 Å². The molecule has 0 aromatic heterocycles. The molecule has 0 saturated carbocycles. The number of hydrogen-bond donors (Lipinski definition) is 1. The van der Waals surface area contributed by atoms with Crippen LogP contribution < -0.4 is 4.74 Å². The molecule has 0 bridgehead atoms. The molecule has 1 amide bonds. The Bertz CT molecular complexity index is 654. The fourth-order valence-corrected chi connectivity index (χ4v) is 3.14. The molecule has 23 heavy (non-hydrogen) atoms. The lowest BCUT2D eigenvalue weighted by molar-refractivity contribution is -0.141. The normalized spacial score (nSPS) is 18.7. The second-order valence-electron chi connectivity index (χ2n) is 5.78. The van der Waals surface area contributed by atoms with E-state index in [-0.39, 0.29) is 11.9 Å². The van der Waals surface area contributed by atoms with Crippen LogP contribution in [-0.2, 0) is 4.79 Å². The van der Waals surface area contributed by atoms with E-state index in [9.17, 15) is 9.90 Å². The van der Waals surface area contributed by atoms with Crippen LogP contribution in [0.15, 0.2) is 54.6 Å². The SMILES string of the molecule is COc1ccc(C2CCCN2C(=O)C(O)c2ccccc2)cc1. The molecule has 1 aliphatic rings. The summed E-state index contributed by atoms with van der Waals surface area (Å²) in [6.45, 7) is 0.680. The van der Waals surface area contributed by atoms with Gasteiger partial charge in [-0.15, -0.1) is 0 Å². The lowest BCUT2D eigenvalue weighted by atomic mass is 10.0. The van der Waals surface area contributed by atoms with Gasteiger partial charge in [-0.3, -0.25) is 4.79 Å². The van der Waals surface area contributed by atoms with Crippen molar-refractivity contribution in [3.05, 3.63) is 65.7 Å². The Morgan fingerprint density at radius 3 is 2.52 bits per heavy atom. The molecule has 0 aliphatic carbocycles. The molecule has 1 saturated heterocycles. The van der Waals surface area contributed by atoms with Crippen LogP contribution in [0, 0.1) is 0 Å². The topological polar surface area (TPSA) is 49.8 Å². The molecule has 1 N–H and O–H groups in total. The first kappa shape index (κ1) is 15.6. The first-order chi connectivity index (χ1) is 11.2. The highest BCUT2D eigenvalue weighted by Gasteiger charge is 2.33. The van der Waals surface area contributed by atoms with E-state index in [1.165, 1.54) is 0 Å². The van der Waals surface area contributed by atoms with Crippen molar-refractivity contribution in [2.45, 2.75) is 25.0 Å². The highest BCUT2D eigenvalue weighted by atomic mass is 16.5. The zero-order valence-electron chi connectivity index (χ0n) is 13.2. The predicted octanol–water partition coefficient (Wildman–Crippen LogP) is 3.09. The summed E-state index contributed by atoms with van der Waals surface area (Å²) in [4.78, 5) is 14.5. The van der Waals surface area contributed by atoms with E-state index in [4.69, 9.17) is 4.74 Å². The summed E-state index contributed by atoms with van der Waals surface area (Å²) in [5.41, 5.74) is 1.72. The number of nitrogens with zero attached hydrogens (tertiary/aromatic N) is 1. The van der Waals surface area contributed by atoms with Crippen molar-refractivity contribution in [2.75, 3.05) is 13.7 Å². The number of amides is 1. The number of carbonyl (C=O) groups excluding carboxylic acids is 1. The summed E-state index contributed by atoms with van der Waals surface area (Å²) in [5, 5.41) is 10.4. The Hall–Kier alpha value is -2.33. The molecule has 3 rings (SSSR count). The highest BCUT2D eigenvalue weighted by molar-refractivity contribution is 5.82. The Balaban J connectivity index is 1.79. The van der Waals surface area contributed by atoms with Gasteiger partial charge in [0.25, 0.3) is 5.91 Å². The molecule has 2 atom stereocenters. The Morgan fingerprint density at radius 2 is 1.87 bits per heavy atom. The van der Waals surface area contributed by atoms with E-state index in [1.54, 1.807) is 24.1 Å². The maximum Gasteiger partial charge on any atom is 0.256 e. The largest absolute Gasteiger partial charge is 0.497 e. The van der Waals surface area contributed by atoms with Crippen LogP contribution in [0.4, 0.5) is 0 Å². The Labute approximate surface area is 136 Å². The number of ether oxygens (including phenoxy) is 1. The zero-order valence-corrected chi connectivity index (χ0v) is 13.2. The van der Waals surface area contributed by atoms with E-state index >= 15 is 0 Å². The molecule has 2 aromatic rings. The summed E-state index contributed by atoms with van der Waals surface area (Å²) in [6.07, 6.45) is 0.763. The van der Waals surface area contributed by atoms with Gasteiger partial charge in [0, 0.05) is 6.54 Å². The second-order valence-corrected chi connectivity index (χ2v) is 5.78. The molecule has 0 radical (unpaired) electrons. The molecule has 2 unspecified atom stereocenters. The van der Waals surface area contributed by atoms with Crippen molar-refractivity contribution in [3.8, 4) is 5.75 Å². The number of carbonyl (C=O) groups is 1. The molecule has 1 aliphatic heterocycles. The average Bonchev–Trinajstić information content (AvgIpc) is 3.11.